The Morgan fingerprint density at radius 2 is 0.966 bits per heavy atom. The summed E-state index contributed by atoms with van der Waals surface area (Å²) in [6.45, 7) is 4.70. The molecule has 3 nitrogen and oxygen atoms in total. The fourth-order valence-corrected chi connectivity index (χ4v) is 9.76. The molecule has 0 fully saturated rings. The van der Waals surface area contributed by atoms with Gasteiger partial charge in [0.25, 0.3) is 0 Å². The van der Waals surface area contributed by atoms with E-state index in [9.17, 15) is 0 Å². The summed E-state index contributed by atoms with van der Waals surface area (Å²) in [4.78, 5) is 2.42. The van der Waals surface area contributed by atoms with Crippen molar-refractivity contribution >= 4 is 71.7 Å². The Kier molecular flexibility index (Phi) is 6.98. The summed E-state index contributed by atoms with van der Waals surface area (Å²) >= 11 is 0. The van der Waals surface area contributed by atoms with Crippen molar-refractivity contribution in [1.82, 2.24) is 0 Å². The first-order chi connectivity index (χ1) is 28.5. The molecule has 58 heavy (non-hydrogen) atoms. The third kappa shape index (κ3) is 4.74. The summed E-state index contributed by atoms with van der Waals surface area (Å²) in [5, 5.41) is 6.73. The van der Waals surface area contributed by atoms with E-state index in [0.717, 1.165) is 77.5 Å². The third-order valence-corrected chi connectivity index (χ3v) is 12.5. The number of hydrogen-bond acceptors (Lipinski definition) is 3. The van der Waals surface area contributed by atoms with Gasteiger partial charge in [-0.2, -0.15) is 0 Å². The second-order valence-electron chi connectivity index (χ2n) is 16.0. The highest BCUT2D eigenvalue weighted by Crippen LogP contribution is 2.52. The van der Waals surface area contributed by atoms with Crippen molar-refractivity contribution in [3.05, 3.63) is 199 Å². The first-order valence-electron chi connectivity index (χ1n) is 20.0. The lowest BCUT2D eigenvalue weighted by Crippen LogP contribution is -2.16. The number of rotatable bonds is 5. The fraction of sp³-hybridized carbons (Fsp3) is 0.0545. The number of benzene rings is 9. The first kappa shape index (κ1) is 32.8. The highest BCUT2D eigenvalue weighted by molar-refractivity contribution is 6.27. The average Bonchev–Trinajstić information content (AvgIpc) is 3.92. The van der Waals surface area contributed by atoms with Gasteiger partial charge in [0.1, 0.15) is 22.3 Å². The van der Waals surface area contributed by atoms with Crippen LogP contribution in [0.3, 0.4) is 0 Å². The molecule has 0 spiro atoms. The van der Waals surface area contributed by atoms with Crippen LogP contribution < -0.4 is 4.90 Å². The average molecular weight is 744 g/mol. The van der Waals surface area contributed by atoms with Crippen molar-refractivity contribution in [3.63, 3.8) is 0 Å². The zero-order valence-electron chi connectivity index (χ0n) is 32.2. The number of furan rings is 2. The number of nitrogens with zero attached hydrogens (tertiary/aromatic N) is 1. The molecular formula is C55H37NO2. The van der Waals surface area contributed by atoms with Crippen molar-refractivity contribution in [2.75, 3.05) is 4.90 Å². The van der Waals surface area contributed by atoms with Crippen molar-refractivity contribution in [2.45, 2.75) is 19.3 Å². The largest absolute Gasteiger partial charge is 0.456 e. The molecule has 1 aliphatic rings. The number of fused-ring (bicyclic) bond motifs is 11. The molecule has 0 atom stereocenters. The Morgan fingerprint density at radius 3 is 1.81 bits per heavy atom. The Hall–Kier alpha value is -7.36. The maximum absolute atomic E-state index is 6.94. The molecule has 1 aliphatic carbocycles. The minimum absolute atomic E-state index is 0.144. The van der Waals surface area contributed by atoms with Crippen molar-refractivity contribution in [1.29, 1.82) is 0 Å². The summed E-state index contributed by atoms with van der Waals surface area (Å²) in [5.74, 6) is 0. The van der Waals surface area contributed by atoms with Gasteiger partial charge in [0.15, 0.2) is 0 Å². The molecule has 12 rings (SSSR count). The summed E-state index contributed by atoms with van der Waals surface area (Å²) in [7, 11) is 0. The van der Waals surface area contributed by atoms with Gasteiger partial charge < -0.3 is 13.7 Å². The van der Waals surface area contributed by atoms with Crippen LogP contribution >= 0.6 is 0 Å². The monoisotopic (exact) mass is 743 g/mol. The van der Waals surface area contributed by atoms with E-state index in [1.54, 1.807) is 0 Å². The van der Waals surface area contributed by atoms with Crippen molar-refractivity contribution in [2.24, 2.45) is 0 Å². The molecule has 274 valence electrons. The van der Waals surface area contributed by atoms with Crippen molar-refractivity contribution < 1.29 is 8.83 Å². The standard InChI is InChI=1S/C55H37NO2/c1-55(2)45-21-10-8-17-39(45)40-31-30-37(32-46(40)55)56(36-28-26-35(27-29-36)34-14-4-3-5-15-34)47-22-13-25-50-54(47)53-41-18-7-6-16-38(41)44(33-51(53)58-50)42-20-12-24-49-52(42)43-19-9-11-23-48(43)57-49/h3-33H,1-2H3. The molecule has 2 aromatic heterocycles. The van der Waals surface area contributed by atoms with Crippen LogP contribution in [0, 0.1) is 0 Å². The second-order valence-corrected chi connectivity index (χ2v) is 16.0. The topological polar surface area (TPSA) is 29.5 Å². The van der Waals surface area contributed by atoms with Crippen LogP contribution in [0.2, 0.25) is 0 Å². The lowest BCUT2D eigenvalue weighted by molar-refractivity contribution is 0.660. The SMILES string of the molecule is CC1(C)c2ccccc2-c2ccc(N(c3ccc(-c4ccccc4)cc3)c3cccc4oc5cc(-c6cccc7oc8ccccc8c67)c6ccccc6c5c34)cc21. The van der Waals surface area contributed by atoms with E-state index >= 15 is 0 Å². The summed E-state index contributed by atoms with van der Waals surface area (Å²) < 4.78 is 13.3. The molecule has 0 radical (unpaired) electrons. The van der Waals surface area contributed by atoms with Crippen LogP contribution in [0.25, 0.3) is 88.0 Å². The molecule has 0 bridgehead atoms. The Morgan fingerprint density at radius 1 is 0.362 bits per heavy atom. The maximum atomic E-state index is 6.94. The van der Waals surface area contributed by atoms with Gasteiger partial charge in [-0.1, -0.05) is 147 Å². The minimum atomic E-state index is -0.144. The van der Waals surface area contributed by atoms with Crippen LogP contribution in [-0.4, -0.2) is 0 Å². The van der Waals surface area contributed by atoms with Crippen molar-refractivity contribution in [3.8, 4) is 33.4 Å². The smallest absolute Gasteiger partial charge is 0.137 e. The third-order valence-electron chi connectivity index (χ3n) is 12.5. The van der Waals surface area contributed by atoms with Crippen LogP contribution in [0.1, 0.15) is 25.0 Å². The maximum Gasteiger partial charge on any atom is 0.137 e. The summed E-state index contributed by atoms with van der Waals surface area (Å²) in [5.41, 5.74) is 16.5. The first-order valence-corrected chi connectivity index (χ1v) is 20.0. The summed E-state index contributed by atoms with van der Waals surface area (Å²) in [6.07, 6.45) is 0. The molecule has 0 saturated heterocycles. The van der Waals surface area contributed by atoms with E-state index in [0.29, 0.717) is 0 Å². The van der Waals surface area contributed by atoms with Gasteiger partial charge in [0.2, 0.25) is 0 Å². The van der Waals surface area contributed by atoms with E-state index in [4.69, 9.17) is 8.83 Å². The molecule has 0 saturated carbocycles. The van der Waals surface area contributed by atoms with Gasteiger partial charge in [-0.05, 0) is 110 Å². The molecule has 0 unspecified atom stereocenters. The molecule has 0 aliphatic heterocycles. The zero-order chi connectivity index (χ0) is 38.5. The van der Waals surface area contributed by atoms with Gasteiger partial charge in [-0.15, -0.1) is 0 Å². The quantitative estimate of drug-likeness (QED) is 0.176. The van der Waals surface area contributed by atoms with E-state index in [1.165, 1.54) is 38.8 Å². The lowest BCUT2D eigenvalue weighted by atomic mass is 9.82. The summed E-state index contributed by atoms with van der Waals surface area (Å²) in [6, 6.07) is 67.6. The molecule has 0 N–H and O–H groups in total. The molecule has 0 amide bonds. The minimum Gasteiger partial charge on any atom is -0.456 e. The molecule has 3 heteroatoms. The fourth-order valence-electron chi connectivity index (χ4n) is 9.76. The molecule has 11 aromatic rings. The van der Waals surface area contributed by atoms with Gasteiger partial charge >= 0.3 is 0 Å². The molecule has 9 aromatic carbocycles. The highest BCUT2D eigenvalue weighted by Gasteiger charge is 2.36. The van der Waals surface area contributed by atoms with Crippen LogP contribution in [0.4, 0.5) is 17.1 Å². The Labute approximate surface area is 336 Å². The molecular weight excluding hydrogens is 707 g/mol. The molecule has 2 heterocycles. The number of anilines is 3. The Bertz CT molecular complexity index is 3420. The van der Waals surface area contributed by atoms with Gasteiger partial charge in [-0.25, -0.2) is 0 Å². The predicted octanol–water partition coefficient (Wildman–Crippen LogP) is 15.7. The zero-order valence-corrected chi connectivity index (χ0v) is 32.2. The van der Waals surface area contributed by atoms with Gasteiger partial charge in [0.05, 0.1) is 11.1 Å². The predicted molar refractivity (Wildman–Crippen MR) is 242 cm³/mol. The number of hydrogen-bond donors (Lipinski definition) is 0. The highest BCUT2D eigenvalue weighted by atomic mass is 16.3. The van der Waals surface area contributed by atoms with Crippen LogP contribution in [-0.2, 0) is 5.41 Å². The van der Waals surface area contributed by atoms with Gasteiger partial charge in [0, 0.05) is 32.9 Å². The Balaban J connectivity index is 1.12. The van der Waals surface area contributed by atoms with E-state index in [-0.39, 0.29) is 5.41 Å². The van der Waals surface area contributed by atoms with E-state index < -0.39 is 0 Å². The van der Waals surface area contributed by atoms with Crippen LogP contribution in [0.5, 0.6) is 0 Å². The number of para-hydroxylation sites is 1. The van der Waals surface area contributed by atoms with E-state index in [1.807, 2.05) is 12.1 Å². The lowest BCUT2D eigenvalue weighted by Gasteiger charge is -2.29. The van der Waals surface area contributed by atoms with E-state index in [2.05, 4.69) is 195 Å². The normalized spacial score (nSPS) is 13.1. The van der Waals surface area contributed by atoms with Crippen LogP contribution in [0.15, 0.2) is 197 Å². The van der Waals surface area contributed by atoms with Gasteiger partial charge in [-0.3, -0.25) is 0 Å². The second kappa shape index (κ2) is 12.3.